The largest absolute Gasteiger partial charge is 0.274 e. The lowest BCUT2D eigenvalue weighted by atomic mass is 9.71. The van der Waals surface area contributed by atoms with E-state index in [1.54, 1.807) is 0 Å². The maximum Gasteiger partial charge on any atom is 0.241 e. The van der Waals surface area contributed by atoms with E-state index >= 15 is 0 Å². The third kappa shape index (κ3) is 1.37. The number of allylic oxidation sites excluding steroid dienone is 2. The highest BCUT2D eigenvalue weighted by molar-refractivity contribution is 6.25. The Morgan fingerprint density at radius 1 is 1.00 bits per heavy atom. The van der Waals surface area contributed by atoms with E-state index in [4.69, 9.17) is 0 Å². The van der Waals surface area contributed by atoms with Crippen molar-refractivity contribution in [3.63, 3.8) is 0 Å². The maximum absolute atomic E-state index is 13.4. The topological polar surface area (TPSA) is 37.4 Å². The van der Waals surface area contributed by atoms with Crippen molar-refractivity contribution < 1.29 is 9.59 Å². The number of fused-ring (bicyclic) bond motifs is 4. The van der Waals surface area contributed by atoms with Crippen LogP contribution in [0.3, 0.4) is 0 Å². The van der Waals surface area contributed by atoms with Gasteiger partial charge < -0.3 is 0 Å². The second-order valence-electron chi connectivity index (χ2n) is 8.39. The van der Waals surface area contributed by atoms with Gasteiger partial charge in [0.25, 0.3) is 0 Å². The van der Waals surface area contributed by atoms with Crippen LogP contribution in [0.15, 0.2) is 54.6 Å². The molecule has 2 saturated carbocycles. The summed E-state index contributed by atoms with van der Waals surface area (Å²) in [6, 6.07) is 13.9. The van der Waals surface area contributed by atoms with Gasteiger partial charge in [0.15, 0.2) is 0 Å². The van der Waals surface area contributed by atoms with Crippen molar-refractivity contribution in [3.05, 3.63) is 54.6 Å². The average molecular weight is 329 g/mol. The summed E-state index contributed by atoms with van der Waals surface area (Å²) in [6.07, 6.45) is 6.78. The maximum atomic E-state index is 13.4. The molecule has 2 amide bonds. The minimum Gasteiger partial charge on any atom is -0.274 e. The van der Waals surface area contributed by atoms with Crippen LogP contribution < -0.4 is 4.90 Å². The number of benzene rings is 2. The smallest absolute Gasteiger partial charge is 0.241 e. The third-order valence-corrected chi connectivity index (χ3v) is 7.41. The molecule has 2 aromatic carbocycles. The first-order valence-electron chi connectivity index (χ1n) is 9.13. The average Bonchev–Trinajstić information content (AvgIpc) is 3.24. The summed E-state index contributed by atoms with van der Waals surface area (Å²) in [4.78, 5) is 28.2. The van der Waals surface area contributed by atoms with E-state index in [1.807, 2.05) is 49.4 Å². The summed E-state index contributed by atoms with van der Waals surface area (Å²) < 4.78 is 0. The van der Waals surface area contributed by atoms with Crippen molar-refractivity contribution in [3.8, 4) is 0 Å². The molecule has 1 saturated heterocycles. The fraction of sp³-hybridized carbons (Fsp3) is 0.364. The molecule has 1 aliphatic heterocycles. The molecule has 0 aromatic heterocycles. The highest BCUT2D eigenvalue weighted by Crippen LogP contribution is 2.77. The van der Waals surface area contributed by atoms with Gasteiger partial charge in [-0.2, -0.15) is 0 Å². The lowest BCUT2D eigenvalue weighted by Crippen LogP contribution is -2.39. The molecule has 2 bridgehead atoms. The van der Waals surface area contributed by atoms with Crippen LogP contribution in [0.25, 0.3) is 10.8 Å². The molecule has 25 heavy (non-hydrogen) atoms. The zero-order chi connectivity index (χ0) is 17.0. The Labute approximate surface area is 146 Å². The first-order valence-corrected chi connectivity index (χ1v) is 9.13. The van der Waals surface area contributed by atoms with Crippen LogP contribution in [0, 0.1) is 28.6 Å². The number of rotatable bonds is 1. The van der Waals surface area contributed by atoms with Crippen LogP contribution in [0.2, 0.25) is 0 Å². The molecular formula is C22H19NO2. The molecule has 0 unspecified atom stereocenters. The first-order chi connectivity index (χ1) is 12.1. The number of nitrogens with zero attached hydrogens (tertiary/aromatic N) is 1. The molecule has 6 rings (SSSR count). The summed E-state index contributed by atoms with van der Waals surface area (Å²) in [7, 11) is 0. The van der Waals surface area contributed by atoms with E-state index in [9.17, 15) is 9.59 Å². The Balaban J connectivity index is 1.49. The van der Waals surface area contributed by atoms with Crippen LogP contribution in [-0.2, 0) is 9.59 Å². The van der Waals surface area contributed by atoms with Gasteiger partial charge in [-0.25, -0.2) is 4.90 Å². The molecule has 3 nitrogen and oxygen atoms in total. The molecular weight excluding hydrogens is 310 g/mol. The Bertz CT molecular complexity index is 1000. The summed E-state index contributed by atoms with van der Waals surface area (Å²) in [5.41, 5.74) is 0.382. The van der Waals surface area contributed by atoms with Crippen LogP contribution in [0.1, 0.15) is 19.8 Å². The monoisotopic (exact) mass is 329 g/mol. The molecule has 4 aliphatic rings. The van der Waals surface area contributed by atoms with Gasteiger partial charge in [0.05, 0.1) is 17.0 Å². The summed E-state index contributed by atoms with van der Waals surface area (Å²) >= 11 is 0. The van der Waals surface area contributed by atoms with E-state index in [-0.39, 0.29) is 35.0 Å². The minimum atomic E-state index is -0.557. The molecule has 1 spiro atoms. The number of carbonyl (C=O) groups excluding carboxylic acids is 2. The molecule has 2 aromatic rings. The van der Waals surface area contributed by atoms with Crippen LogP contribution in [0.5, 0.6) is 0 Å². The number of hydrogen-bond donors (Lipinski definition) is 0. The normalized spacial score (nSPS) is 36.7. The predicted octanol–water partition coefficient (Wildman–Crippen LogP) is 3.93. The van der Waals surface area contributed by atoms with Gasteiger partial charge in [-0.05, 0) is 59.9 Å². The van der Waals surface area contributed by atoms with E-state index in [0.29, 0.717) is 5.69 Å². The number of carbonyl (C=O) groups is 2. The van der Waals surface area contributed by atoms with E-state index in [2.05, 4.69) is 12.2 Å². The van der Waals surface area contributed by atoms with Crippen molar-refractivity contribution in [2.24, 2.45) is 28.6 Å². The highest BCUT2D eigenvalue weighted by Gasteiger charge is 2.78. The Hall–Kier alpha value is -2.42. The van der Waals surface area contributed by atoms with Crippen LogP contribution in [0.4, 0.5) is 5.69 Å². The molecule has 3 fully saturated rings. The van der Waals surface area contributed by atoms with Gasteiger partial charge in [0.2, 0.25) is 11.8 Å². The van der Waals surface area contributed by atoms with Gasteiger partial charge in [0, 0.05) is 0 Å². The van der Waals surface area contributed by atoms with E-state index < -0.39 is 5.41 Å². The standard InChI is InChI=1S/C22H19NO2/c1-21-17-9-8-16(22(17)10-11-22)18(21)19(24)23(20(21)25)15-7-6-13-4-2-3-5-14(13)12-15/h2-9,12,16-18H,10-11H2,1H3/t16-,17-,18+,21-/m1/s1. The predicted molar refractivity (Wildman–Crippen MR) is 95.8 cm³/mol. The molecule has 0 radical (unpaired) electrons. The quantitative estimate of drug-likeness (QED) is 0.587. The number of amides is 2. The van der Waals surface area contributed by atoms with Crippen molar-refractivity contribution in [2.75, 3.05) is 4.90 Å². The third-order valence-electron chi connectivity index (χ3n) is 7.41. The zero-order valence-corrected chi connectivity index (χ0v) is 14.1. The van der Waals surface area contributed by atoms with Crippen molar-refractivity contribution in [2.45, 2.75) is 19.8 Å². The van der Waals surface area contributed by atoms with Crippen molar-refractivity contribution >= 4 is 28.3 Å². The second kappa shape index (κ2) is 4.04. The number of anilines is 1. The van der Waals surface area contributed by atoms with Crippen molar-refractivity contribution in [1.29, 1.82) is 0 Å². The molecule has 3 aliphatic carbocycles. The SMILES string of the molecule is C[C@]12C(=O)N(c3ccc4ccccc4c3)C(=O)[C@@H]1[C@H]1C=C[C@H]2C12CC2. The zero-order valence-electron chi connectivity index (χ0n) is 14.1. The van der Waals surface area contributed by atoms with Crippen LogP contribution >= 0.6 is 0 Å². The lowest BCUT2D eigenvalue weighted by Gasteiger charge is -2.29. The minimum absolute atomic E-state index is 0.000839. The molecule has 124 valence electrons. The second-order valence-corrected chi connectivity index (χ2v) is 8.39. The molecule has 1 heterocycles. The molecule has 0 N–H and O–H groups in total. The van der Waals surface area contributed by atoms with Crippen LogP contribution in [-0.4, -0.2) is 11.8 Å². The fourth-order valence-electron chi connectivity index (χ4n) is 6.13. The van der Waals surface area contributed by atoms with E-state index in [0.717, 1.165) is 23.6 Å². The Kier molecular flexibility index (Phi) is 2.23. The Morgan fingerprint density at radius 2 is 1.76 bits per heavy atom. The van der Waals surface area contributed by atoms with Gasteiger partial charge in [-0.3, -0.25) is 9.59 Å². The first kappa shape index (κ1) is 13.8. The summed E-state index contributed by atoms with van der Waals surface area (Å²) in [5.74, 6) is 0.317. The lowest BCUT2D eigenvalue weighted by molar-refractivity contribution is -0.127. The van der Waals surface area contributed by atoms with Gasteiger partial charge in [-0.15, -0.1) is 0 Å². The summed E-state index contributed by atoms with van der Waals surface area (Å²) in [6.45, 7) is 2.03. The molecule has 4 atom stereocenters. The fourth-order valence-corrected chi connectivity index (χ4v) is 6.13. The van der Waals surface area contributed by atoms with E-state index in [1.165, 1.54) is 4.90 Å². The number of hydrogen-bond acceptors (Lipinski definition) is 2. The number of imide groups is 1. The van der Waals surface area contributed by atoms with Gasteiger partial charge in [0.1, 0.15) is 0 Å². The molecule has 3 heteroatoms. The highest BCUT2D eigenvalue weighted by atomic mass is 16.2. The van der Waals surface area contributed by atoms with Gasteiger partial charge >= 0.3 is 0 Å². The Morgan fingerprint density at radius 3 is 2.48 bits per heavy atom. The van der Waals surface area contributed by atoms with Crippen molar-refractivity contribution in [1.82, 2.24) is 0 Å². The van der Waals surface area contributed by atoms with Gasteiger partial charge in [-0.1, -0.05) is 42.5 Å². The summed E-state index contributed by atoms with van der Waals surface area (Å²) in [5, 5.41) is 2.18.